The highest BCUT2D eigenvalue weighted by Gasteiger charge is 2.31. The Hall–Kier alpha value is -1.79. The Morgan fingerprint density at radius 3 is 2.43 bits per heavy atom. The lowest BCUT2D eigenvalue weighted by Crippen LogP contribution is -2.43. The third-order valence-corrected chi connectivity index (χ3v) is 5.95. The molecule has 6 heteroatoms. The standard InChI is InChI=1S/C22H36N4O2/c1-3-23-21(25-17-22(27)12-4-5-13-22)24-16-20(26-14-6-7-15-26)18-8-10-19(28-2)11-9-18/h8-11,20,27H,3-7,12-17H2,1-2H3,(H2,23,24,25). The van der Waals surface area contributed by atoms with E-state index in [0.29, 0.717) is 12.6 Å². The smallest absolute Gasteiger partial charge is 0.191 e. The van der Waals surface area contributed by atoms with Crippen molar-refractivity contribution >= 4 is 5.96 Å². The molecule has 156 valence electrons. The predicted octanol–water partition coefficient (Wildman–Crippen LogP) is 2.69. The molecule has 3 N–H and O–H groups in total. The zero-order valence-electron chi connectivity index (χ0n) is 17.4. The number of guanidine groups is 1. The minimum absolute atomic E-state index is 0.298. The van der Waals surface area contributed by atoms with Gasteiger partial charge in [-0.3, -0.25) is 9.89 Å². The molecule has 1 aromatic carbocycles. The second-order valence-electron chi connectivity index (χ2n) is 8.04. The average Bonchev–Trinajstić information content (AvgIpc) is 3.39. The fourth-order valence-corrected chi connectivity index (χ4v) is 4.29. The van der Waals surface area contributed by atoms with Crippen molar-refractivity contribution in [2.24, 2.45) is 4.99 Å². The van der Waals surface area contributed by atoms with Crippen molar-refractivity contribution in [3.05, 3.63) is 29.8 Å². The maximum Gasteiger partial charge on any atom is 0.191 e. The number of aliphatic imine (C=N–C) groups is 1. The SMILES string of the molecule is CCNC(=NCC1(O)CCCC1)NCC(c1ccc(OC)cc1)N1CCCC1. The molecule has 6 nitrogen and oxygen atoms in total. The summed E-state index contributed by atoms with van der Waals surface area (Å²) < 4.78 is 5.31. The number of aliphatic hydroxyl groups is 1. The fourth-order valence-electron chi connectivity index (χ4n) is 4.29. The van der Waals surface area contributed by atoms with Gasteiger partial charge in [0.1, 0.15) is 5.75 Å². The Morgan fingerprint density at radius 2 is 1.82 bits per heavy atom. The first kappa shape index (κ1) is 20.9. The third-order valence-electron chi connectivity index (χ3n) is 5.95. The molecule has 0 spiro atoms. The molecule has 1 aliphatic carbocycles. The van der Waals surface area contributed by atoms with Gasteiger partial charge in [0.2, 0.25) is 0 Å². The molecule has 1 aromatic rings. The maximum absolute atomic E-state index is 10.6. The van der Waals surface area contributed by atoms with E-state index in [1.54, 1.807) is 7.11 Å². The van der Waals surface area contributed by atoms with Gasteiger partial charge in [-0.25, -0.2) is 0 Å². The lowest BCUT2D eigenvalue weighted by atomic mass is 10.0. The van der Waals surface area contributed by atoms with E-state index in [2.05, 4.69) is 34.6 Å². The van der Waals surface area contributed by atoms with Crippen molar-refractivity contribution < 1.29 is 9.84 Å². The number of nitrogens with zero attached hydrogens (tertiary/aromatic N) is 2. The third kappa shape index (κ3) is 5.61. The van der Waals surface area contributed by atoms with Crippen LogP contribution < -0.4 is 15.4 Å². The van der Waals surface area contributed by atoms with Gasteiger partial charge in [-0.15, -0.1) is 0 Å². The van der Waals surface area contributed by atoms with Crippen LogP contribution in [0.15, 0.2) is 29.3 Å². The fraction of sp³-hybridized carbons (Fsp3) is 0.682. The number of likely N-dealkylation sites (tertiary alicyclic amines) is 1. The molecule has 0 radical (unpaired) electrons. The molecule has 1 saturated heterocycles. The number of rotatable bonds is 8. The molecular weight excluding hydrogens is 352 g/mol. The average molecular weight is 389 g/mol. The molecule has 1 aliphatic heterocycles. The van der Waals surface area contributed by atoms with Crippen LogP contribution in [0.2, 0.25) is 0 Å². The summed E-state index contributed by atoms with van der Waals surface area (Å²) in [6.07, 6.45) is 6.44. The van der Waals surface area contributed by atoms with Crippen LogP contribution in [0.5, 0.6) is 5.75 Å². The van der Waals surface area contributed by atoms with E-state index in [1.165, 1.54) is 18.4 Å². The molecule has 3 rings (SSSR count). The van der Waals surface area contributed by atoms with Crippen LogP contribution in [0, 0.1) is 0 Å². The molecule has 1 atom stereocenters. The number of ether oxygens (including phenoxy) is 1. The summed E-state index contributed by atoms with van der Waals surface area (Å²) in [5.74, 6) is 1.68. The van der Waals surface area contributed by atoms with Crippen LogP contribution in [0.4, 0.5) is 0 Å². The van der Waals surface area contributed by atoms with Gasteiger partial charge in [0, 0.05) is 13.1 Å². The van der Waals surface area contributed by atoms with Gasteiger partial charge in [0.05, 0.1) is 25.3 Å². The molecular formula is C22H36N4O2. The number of hydrogen-bond acceptors (Lipinski definition) is 4. The summed E-state index contributed by atoms with van der Waals surface area (Å²) >= 11 is 0. The van der Waals surface area contributed by atoms with Crippen LogP contribution in [-0.2, 0) is 0 Å². The normalized spacial score (nSPS) is 20.9. The zero-order valence-corrected chi connectivity index (χ0v) is 17.4. The number of nitrogens with one attached hydrogen (secondary N) is 2. The largest absolute Gasteiger partial charge is 0.497 e. The van der Waals surface area contributed by atoms with Crippen molar-refractivity contribution in [2.75, 3.05) is 39.8 Å². The summed E-state index contributed by atoms with van der Waals surface area (Å²) in [6.45, 7) is 6.40. The van der Waals surface area contributed by atoms with Crippen LogP contribution >= 0.6 is 0 Å². The summed E-state index contributed by atoms with van der Waals surface area (Å²) in [4.78, 5) is 7.24. The highest BCUT2D eigenvalue weighted by Crippen LogP contribution is 2.29. The van der Waals surface area contributed by atoms with Crippen LogP contribution in [0.3, 0.4) is 0 Å². The highest BCUT2D eigenvalue weighted by molar-refractivity contribution is 5.79. The Labute approximate surface area is 169 Å². The summed E-state index contributed by atoms with van der Waals surface area (Å²) in [5.41, 5.74) is 0.674. The van der Waals surface area contributed by atoms with Gasteiger partial charge in [0.15, 0.2) is 5.96 Å². The quantitative estimate of drug-likeness (QED) is 0.472. The Balaban J connectivity index is 1.67. The van der Waals surface area contributed by atoms with Gasteiger partial charge in [-0.1, -0.05) is 25.0 Å². The highest BCUT2D eigenvalue weighted by atomic mass is 16.5. The van der Waals surface area contributed by atoms with Gasteiger partial charge < -0.3 is 20.5 Å². The van der Waals surface area contributed by atoms with Gasteiger partial charge in [0.25, 0.3) is 0 Å². The molecule has 0 amide bonds. The van der Waals surface area contributed by atoms with Crippen molar-refractivity contribution in [3.8, 4) is 5.75 Å². The summed E-state index contributed by atoms with van der Waals surface area (Å²) in [6, 6.07) is 8.69. The lowest BCUT2D eigenvalue weighted by molar-refractivity contribution is 0.0574. The molecule has 2 aliphatic rings. The molecule has 1 unspecified atom stereocenters. The van der Waals surface area contributed by atoms with E-state index in [4.69, 9.17) is 9.73 Å². The molecule has 28 heavy (non-hydrogen) atoms. The summed E-state index contributed by atoms with van der Waals surface area (Å²) in [5, 5.41) is 17.5. The van der Waals surface area contributed by atoms with E-state index in [0.717, 1.165) is 63.6 Å². The monoisotopic (exact) mass is 388 g/mol. The van der Waals surface area contributed by atoms with E-state index in [-0.39, 0.29) is 0 Å². The van der Waals surface area contributed by atoms with Gasteiger partial charge in [-0.2, -0.15) is 0 Å². The molecule has 0 bridgehead atoms. The van der Waals surface area contributed by atoms with Gasteiger partial charge in [-0.05, 0) is 63.4 Å². The second-order valence-corrected chi connectivity index (χ2v) is 8.04. The van der Waals surface area contributed by atoms with Crippen molar-refractivity contribution in [3.63, 3.8) is 0 Å². The van der Waals surface area contributed by atoms with E-state index in [9.17, 15) is 5.11 Å². The summed E-state index contributed by atoms with van der Waals surface area (Å²) in [7, 11) is 1.70. The Kier molecular flexibility index (Phi) is 7.57. The van der Waals surface area contributed by atoms with Crippen LogP contribution in [0.1, 0.15) is 57.1 Å². The van der Waals surface area contributed by atoms with Crippen LogP contribution in [-0.4, -0.2) is 61.4 Å². The molecule has 0 aromatic heterocycles. The predicted molar refractivity (Wildman–Crippen MR) is 114 cm³/mol. The van der Waals surface area contributed by atoms with Gasteiger partial charge >= 0.3 is 0 Å². The first-order valence-electron chi connectivity index (χ1n) is 10.8. The van der Waals surface area contributed by atoms with E-state index >= 15 is 0 Å². The lowest BCUT2D eigenvalue weighted by Gasteiger charge is -2.29. The van der Waals surface area contributed by atoms with E-state index in [1.807, 2.05) is 12.1 Å². The number of methoxy groups -OCH3 is 1. The second kappa shape index (κ2) is 10.1. The maximum atomic E-state index is 10.6. The first-order valence-corrected chi connectivity index (χ1v) is 10.8. The first-order chi connectivity index (χ1) is 13.6. The van der Waals surface area contributed by atoms with E-state index < -0.39 is 5.60 Å². The minimum atomic E-state index is -0.618. The number of benzene rings is 1. The topological polar surface area (TPSA) is 69.1 Å². The molecule has 1 saturated carbocycles. The van der Waals surface area contributed by atoms with Crippen LogP contribution in [0.25, 0.3) is 0 Å². The molecule has 2 fully saturated rings. The zero-order chi connectivity index (χ0) is 19.8. The van der Waals surface area contributed by atoms with Crippen molar-refractivity contribution in [1.82, 2.24) is 15.5 Å². The Morgan fingerprint density at radius 1 is 1.14 bits per heavy atom. The minimum Gasteiger partial charge on any atom is -0.497 e. The Bertz CT molecular complexity index is 620. The van der Waals surface area contributed by atoms with Crippen molar-refractivity contribution in [2.45, 2.75) is 57.1 Å². The number of hydrogen-bond donors (Lipinski definition) is 3. The molecule has 1 heterocycles. The van der Waals surface area contributed by atoms with Crippen molar-refractivity contribution in [1.29, 1.82) is 0 Å².